The Morgan fingerprint density at radius 1 is 1.26 bits per heavy atom. The zero-order chi connectivity index (χ0) is 13.8. The molecule has 4 heteroatoms. The number of nitrogen functional groups attached to an aromatic ring is 1. The molecule has 0 aliphatic carbocycles. The van der Waals surface area contributed by atoms with Crippen LogP contribution in [0.4, 0.5) is 11.4 Å². The van der Waals surface area contributed by atoms with Gasteiger partial charge >= 0.3 is 0 Å². The van der Waals surface area contributed by atoms with E-state index in [-0.39, 0.29) is 11.8 Å². The first kappa shape index (κ1) is 13.1. The van der Waals surface area contributed by atoms with E-state index in [9.17, 15) is 4.79 Å². The average Bonchev–Trinajstić information content (AvgIpc) is 2.41. The zero-order valence-electron chi connectivity index (χ0n) is 11.1. The fraction of sp³-hybridized carbons (Fsp3) is 0.200. The molecular weight excluding hydrogens is 238 g/mol. The predicted octanol–water partition coefficient (Wildman–Crippen LogP) is 3.04. The summed E-state index contributed by atoms with van der Waals surface area (Å²) in [6.07, 6.45) is 3.52. The maximum Gasteiger partial charge on any atom is 0.161 e. The number of hydrogen-bond donors (Lipinski definition) is 2. The normalized spacial score (nSPS) is 11.9. The lowest BCUT2D eigenvalue weighted by Crippen LogP contribution is -2.08. The molecule has 1 atom stereocenters. The van der Waals surface area contributed by atoms with Crippen LogP contribution in [0.5, 0.6) is 0 Å². The molecule has 2 aromatic rings. The van der Waals surface area contributed by atoms with Crippen molar-refractivity contribution in [3.8, 4) is 0 Å². The third-order valence-corrected chi connectivity index (χ3v) is 3.02. The molecule has 4 nitrogen and oxygen atoms in total. The molecule has 1 unspecified atom stereocenters. The van der Waals surface area contributed by atoms with Crippen LogP contribution in [0.3, 0.4) is 0 Å². The second-order valence-electron chi connectivity index (χ2n) is 4.50. The van der Waals surface area contributed by atoms with E-state index < -0.39 is 0 Å². The van der Waals surface area contributed by atoms with Crippen LogP contribution in [-0.2, 0) is 0 Å². The van der Waals surface area contributed by atoms with Crippen LogP contribution in [0.2, 0.25) is 0 Å². The molecular formula is C15H17N3O. The van der Waals surface area contributed by atoms with Gasteiger partial charge in [-0.3, -0.25) is 9.78 Å². The molecule has 0 fully saturated rings. The molecule has 0 amide bonds. The SMILES string of the molecule is CC(=O)c1cc(NC(C)c2ccncc2)ccc1N. The molecule has 0 aliphatic rings. The number of Topliss-reactive ketones (excluding diaryl/α,β-unsaturated/α-hetero) is 1. The zero-order valence-corrected chi connectivity index (χ0v) is 11.1. The standard InChI is InChI=1S/C15H17N3O/c1-10(12-5-7-17-8-6-12)18-13-3-4-15(16)14(9-13)11(2)19/h3-10,18H,16H2,1-2H3. The molecule has 98 valence electrons. The first-order chi connectivity index (χ1) is 9.08. The molecule has 0 saturated carbocycles. The highest BCUT2D eigenvalue weighted by Gasteiger charge is 2.08. The van der Waals surface area contributed by atoms with E-state index in [1.807, 2.05) is 18.2 Å². The number of aromatic nitrogens is 1. The minimum atomic E-state index is -0.0299. The summed E-state index contributed by atoms with van der Waals surface area (Å²) >= 11 is 0. The molecule has 0 aliphatic heterocycles. The fourth-order valence-corrected chi connectivity index (χ4v) is 1.94. The van der Waals surface area contributed by atoms with Gasteiger partial charge in [-0.2, -0.15) is 0 Å². The van der Waals surface area contributed by atoms with Gasteiger partial charge in [0.15, 0.2) is 5.78 Å². The van der Waals surface area contributed by atoms with Crippen molar-refractivity contribution in [1.29, 1.82) is 0 Å². The van der Waals surface area contributed by atoms with Crippen LogP contribution < -0.4 is 11.1 Å². The average molecular weight is 255 g/mol. The first-order valence-corrected chi connectivity index (χ1v) is 6.15. The van der Waals surface area contributed by atoms with E-state index in [1.54, 1.807) is 24.5 Å². The molecule has 0 spiro atoms. The van der Waals surface area contributed by atoms with Crippen molar-refractivity contribution in [2.45, 2.75) is 19.9 Å². The number of nitrogens with one attached hydrogen (secondary N) is 1. The fourth-order valence-electron chi connectivity index (χ4n) is 1.94. The smallest absolute Gasteiger partial charge is 0.161 e. The maximum atomic E-state index is 11.5. The van der Waals surface area contributed by atoms with Crippen LogP contribution in [0.1, 0.15) is 35.8 Å². The first-order valence-electron chi connectivity index (χ1n) is 6.15. The van der Waals surface area contributed by atoms with E-state index >= 15 is 0 Å². The largest absolute Gasteiger partial charge is 0.398 e. The summed E-state index contributed by atoms with van der Waals surface area (Å²) < 4.78 is 0. The van der Waals surface area contributed by atoms with Gasteiger partial charge < -0.3 is 11.1 Å². The minimum absolute atomic E-state index is 0.0299. The van der Waals surface area contributed by atoms with E-state index in [2.05, 4.69) is 17.2 Å². The Morgan fingerprint density at radius 2 is 1.95 bits per heavy atom. The highest BCUT2D eigenvalue weighted by atomic mass is 16.1. The van der Waals surface area contributed by atoms with Gasteiger partial charge in [0, 0.05) is 35.4 Å². The highest BCUT2D eigenvalue weighted by Crippen LogP contribution is 2.22. The van der Waals surface area contributed by atoms with Crippen molar-refractivity contribution in [3.63, 3.8) is 0 Å². The van der Waals surface area contributed by atoms with Crippen molar-refractivity contribution in [2.24, 2.45) is 0 Å². The summed E-state index contributed by atoms with van der Waals surface area (Å²) in [7, 11) is 0. The number of benzene rings is 1. The van der Waals surface area contributed by atoms with Crippen molar-refractivity contribution in [3.05, 3.63) is 53.9 Å². The Kier molecular flexibility index (Phi) is 3.80. The van der Waals surface area contributed by atoms with Crippen LogP contribution >= 0.6 is 0 Å². The summed E-state index contributed by atoms with van der Waals surface area (Å²) in [5, 5.41) is 3.35. The van der Waals surface area contributed by atoms with E-state index in [1.165, 1.54) is 6.92 Å². The Hall–Kier alpha value is -2.36. The highest BCUT2D eigenvalue weighted by molar-refractivity contribution is 6.00. The van der Waals surface area contributed by atoms with Crippen molar-refractivity contribution in [1.82, 2.24) is 4.98 Å². The topological polar surface area (TPSA) is 68.0 Å². The second kappa shape index (κ2) is 5.52. The van der Waals surface area contributed by atoms with Gasteiger partial charge in [-0.1, -0.05) is 0 Å². The number of carbonyl (C=O) groups excluding carboxylic acids is 1. The van der Waals surface area contributed by atoms with Crippen molar-refractivity contribution < 1.29 is 4.79 Å². The van der Waals surface area contributed by atoms with Crippen molar-refractivity contribution in [2.75, 3.05) is 11.1 Å². The molecule has 1 aromatic carbocycles. The monoisotopic (exact) mass is 255 g/mol. The van der Waals surface area contributed by atoms with Gasteiger partial charge in [0.2, 0.25) is 0 Å². The lowest BCUT2D eigenvalue weighted by atomic mass is 10.1. The number of rotatable bonds is 4. The Labute approximate surface area is 112 Å². The van der Waals surface area contributed by atoms with Gasteiger partial charge in [-0.25, -0.2) is 0 Å². The van der Waals surface area contributed by atoms with E-state index in [0.717, 1.165) is 11.3 Å². The summed E-state index contributed by atoms with van der Waals surface area (Å²) in [5.74, 6) is -0.0299. The number of carbonyl (C=O) groups is 1. The van der Waals surface area contributed by atoms with Crippen LogP contribution in [-0.4, -0.2) is 10.8 Å². The molecule has 0 radical (unpaired) electrons. The number of nitrogens with two attached hydrogens (primary N) is 1. The van der Waals surface area contributed by atoms with Gasteiger partial charge in [0.1, 0.15) is 0 Å². The third kappa shape index (κ3) is 3.10. The number of anilines is 2. The molecule has 19 heavy (non-hydrogen) atoms. The van der Waals surface area contributed by atoms with E-state index in [0.29, 0.717) is 11.3 Å². The van der Waals surface area contributed by atoms with Crippen LogP contribution in [0, 0.1) is 0 Å². The lowest BCUT2D eigenvalue weighted by molar-refractivity contribution is 0.101. The maximum absolute atomic E-state index is 11.5. The Balaban J connectivity index is 2.20. The van der Waals surface area contributed by atoms with Gasteiger partial charge in [-0.05, 0) is 49.7 Å². The van der Waals surface area contributed by atoms with Crippen LogP contribution in [0.15, 0.2) is 42.7 Å². The number of nitrogens with zero attached hydrogens (tertiary/aromatic N) is 1. The summed E-state index contributed by atoms with van der Waals surface area (Å²) in [4.78, 5) is 15.5. The predicted molar refractivity (Wildman–Crippen MR) is 77.1 cm³/mol. The van der Waals surface area contributed by atoms with E-state index in [4.69, 9.17) is 5.73 Å². The van der Waals surface area contributed by atoms with Crippen molar-refractivity contribution >= 4 is 17.2 Å². The van der Waals surface area contributed by atoms with Crippen LogP contribution in [0.25, 0.3) is 0 Å². The summed E-state index contributed by atoms with van der Waals surface area (Å²) in [6.45, 7) is 3.57. The molecule has 0 saturated heterocycles. The Bertz CT molecular complexity index is 581. The second-order valence-corrected chi connectivity index (χ2v) is 4.50. The number of pyridine rings is 1. The summed E-state index contributed by atoms with van der Waals surface area (Å²) in [5.41, 5.74) is 8.85. The lowest BCUT2D eigenvalue weighted by Gasteiger charge is -2.16. The van der Waals surface area contributed by atoms with Gasteiger partial charge in [0.25, 0.3) is 0 Å². The number of ketones is 1. The van der Waals surface area contributed by atoms with Gasteiger partial charge in [0.05, 0.1) is 0 Å². The molecule has 0 bridgehead atoms. The Morgan fingerprint density at radius 3 is 2.58 bits per heavy atom. The molecule has 3 N–H and O–H groups in total. The molecule has 1 heterocycles. The minimum Gasteiger partial charge on any atom is -0.398 e. The number of hydrogen-bond acceptors (Lipinski definition) is 4. The summed E-state index contributed by atoms with van der Waals surface area (Å²) in [6, 6.07) is 9.46. The quantitative estimate of drug-likeness (QED) is 0.651. The molecule has 2 rings (SSSR count). The molecule has 1 aromatic heterocycles. The van der Waals surface area contributed by atoms with Gasteiger partial charge in [-0.15, -0.1) is 0 Å². The third-order valence-electron chi connectivity index (χ3n) is 3.02.